The van der Waals surface area contributed by atoms with E-state index < -0.39 is 63.5 Å². The molecule has 4 N–H and O–H groups in total. The van der Waals surface area contributed by atoms with Gasteiger partial charge in [-0.2, -0.15) is 0 Å². The maximum Gasteiger partial charge on any atom is 0.336 e. The molecule has 0 aromatic rings. The first-order valence-corrected chi connectivity index (χ1v) is 10.1. The van der Waals surface area contributed by atoms with E-state index in [0.717, 1.165) is 12.2 Å². The maximum absolute atomic E-state index is 17.0. The Balaban J connectivity index is 1.95. The zero-order chi connectivity index (χ0) is 22.4. The first kappa shape index (κ1) is 21.2. The second kappa shape index (κ2) is 6.01. The minimum atomic E-state index is -2.42. The summed E-state index contributed by atoms with van der Waals surface area (Å²) in [6.07, 6.45) is 0.369. The summed E-state index contributed by atoms with van der Waals surface area (Å²) >= 11 is 0. The number of hydrogen-bond acceptors (Lipinski definition) is 5. The lowest BCUT2D eigenvalue weighted by atomic mass is 9.45. The molecule has 8 heteroatoms. The minimum absolute atomic E-state index is 0.0888. The lowest BCUT2D eigenvalue weighted by Gasteiger charge is -2.61. The number of fused-ring (bicyclic) bond motifs is 5. The number of aliphatic carboxylic acids is 1. The van der Waals surface area contributed by atoms with Crippen molar-refractivity contribution in [2.24, 2.45) is 28.6 Å². The highest BCUT2D eigenvalue weighted by Gasteiger charge is 2.76. The number of hydrogen-bond donors (Lipinski definition) is 4. The van der Waals surface area contributed by atoms with Crippen LogP contribution in [0, 0.1) is 28.6 Å². The standard InChI is InChI=1S/C22H26F2O6/c1-10-4-12-13-5-15(23)14-6-16(26)11(9-25)7-19(14,2)21(13,24)17(27)8-20(12,3)22(10,30)18(28)29/h5-6,9-10,12-13,17,25,27,30H,4,7-8H2,1-3H3,(H,28,29)/b11-9+/t10-,12?,13?,17+,19+,20+,21+,22+/m1/s1. The molecular formula is C22H26F2O6. The van der Waals surface area contributed by atoms with Gasteiger partial charge in [0.25, 0.3) is 0 Å². The van der Waals surface area contributed by atoms with Crippen LogP contribution in [0.15, 0.2) is 35.4 Å². The number of aliphatic hydroxyl groups excluding tert-OH is 2. The van der Waals surface area contributed by atoms with Crippen molar-refractivity contribution in [3.8, 4) is 0 Å². The lowest BCUT2D eigenvalue weighted by molar-refractivity contribution is -0.219. The Morgan fingerprint density at radius 3 is 2.53 bits per heavy atom. The van der Waals surface area contributed by atoms with E-state index >= 15 is 8.78 Å². The molecular weight excluding hydrogens is 398 g/mol. The third-order valence-electron chi connectivity index (χ3n) is 8.67. The van der Waals surface area contributed by atoms with Gasteiger partial charge in [0, 0.05) is 27.9 Å². The normalized spacial score (nSPS) is 51.6. The van der Waals surface area contributed by atoms with E-state index in [4.69, 9.17) is 0 Å². The monoisotopic (exact) mass is 424 g/mol. The first-order chi connectivity index (χ1) is 13.8. The van der Waals surface area contributed by atoms with Gasteiger partial charge in [-0.1, -0.05) is 20.8 Å². The van der Waals surface area contributed by atoms with Crippen LogP contribution < -0.4 is 0 Å². The molecule has 4 rings (SSSR count). The number of carbonyl (C=O) groups excluding carboxylic acids is 1. The molecule has 0 saturated heterocycles. The van der Waals surface area contributed by atoms with Gasteiger partial charge in [-0.15, -0.1) is 0 Å². The largest absolute Gasteiger partial charge is 0.515 e. The summed E-state index contributed by atoms with van der Waals surface area (Å²) in [5, 5.41) is 41.4. The fourth-order valence-electron chi connectivity index (χ4n) is 6.98. The van der Waals surface area contributed by atoms with Crippen LogP contribution >= 0.6 is 0 Å². The van der Waals surface area contributed by atoms with Gasteiger partial charge in [0.1, 0.15) is 5.83 Å². The Morgan fingerprint density at radius 2 is 1.97 bits per heavy atom. The Labute approximate surface area is 172 Å². The van der Waals surface area contributed by atoms with Crippen molar-refractivity contribution in [3.63, 3.8) is 0 Å². The second-order valence-corrected chi connectivity index (χ2v) is 9.85. The number of carboxylic acid groups (broad SMARTS) is 1. The van der Waals surface area contributed by atoms with Crippen LogP contribution in [-0.4, -0.2) is 49.6 Å². The quantitative estimate of drug-likeness (QED) is 0.380. The van der Waals surface area contributed by atoms with Crippen LogP contribution in [0.25, 0.3) is 0 Å². The molecule has 4 aliphatic rings. The van der Waals surface area contributed by atoms with E-state index in [2.05, 4.69) is 0 Å². The number of halogens is 2. The molecule has 0 bridgehead atoms. The lowest BCUT2D eigenvalue weighted by Crippen LogP contribution is -2.69. The molecule has 0 radical (unpaired) electrons. The van der Waals surface area contributed by atoms with Gasteiger partial charge in [0.2, 0.25) is 0 Å². The van der Waals surface area contributed by atoms with Crippen LogP contribution in [0.5, 0.6) is 0 Å². The molecule has 2 saturated carbocycles. The molecule has 0 spiro atoms. The van der Waals surface area contributed by atoms with E-state index in [1.807, 2.05) is 0 Å². The predicted molar refractivity (Wildman–Crippen MR) is 102 cm³/mol. The number of allylic oxidation sites excluding steroid dienone is 5. The van der Waals surface area contributed by atoms with Gasteiger partial charge in [-0.05, 0) is 43.3 Å². The van der Waals surface area contributed by atoms with Crippen molar-refractivity contribution in [2.45, 2.75) is 57.4 Å². The van der Waals surface area contributed by atoms with Crippen LogP contribution in [0.1, 0.15) is 40.0 Å². The predicted octanol–water partition coefficient (Wildman–Crippen LogP) is 2.77. The van der Waals surface area contributed by atoms with Crippen LogP contribution in [0.3, 0.4) is 0 Å². The Morgan fingerprint density at radius 1 is 1.33 bits per heavy atom. The van der Waals surface area contributed by atoms with Crippen molar-refractivity contribution >= 4 is 11.8 Å². The summed E-state index contributed by atoms with van der Waals surface area (Å²) in [7, 11) is 0. The zero-order valence-corrected chi connectivity index (χ0v) is 17.0. The molecule has 0 amide bonds. The molecule has 8 atom stereocenters. The number of rotatable bonds is 1. The van der Waals surface area contributed by atoms with Crippen molar-refractivity contribution < 1.29 is 38.8 Å². The second-order valence-electron chi connectivity index (χ2n) is 9.85. The summed E-state index contributed by atoms with van der Waals surface area (Å²) < 4.78 is 32.2. The number of ketones is 1. The third-order valence-corrected chi connectivity index (χ3v) is 8.67. The molecule has 0 aromatic carbocycles. The van der Waals surface area contributed by atoms with Crippen molar-refractivity contribution in [1.29, 1.82) is 0 Å². The smallest absolute Gasteiger partial charge is 0.336 e. The SMILES string of the molecule is C[C@@H]1CC2C3C=C(F)C4=CC(=O)/C(=C/O)C[C@]4(C)[C@@]3(F)[C@@H](O)C[C@]2(C)[C@@]1(O)C(=O)O. The van der Waals surface area contributed by atoms with Gasteiger partial charge >= 0.3 is 5.97 Å². The van der Waals surface area contributed by atoms with E-state index in [1.54, 1.807) is 6.92 Å². The molecule has 4 aliphatic carbocycles. The third kappa shape index (κ3) is 2.09. The Kier molecular flexibility index (Phi) is 4.24. The van der Waals surface area contributed by atoms with Crippen molar-refractivity contribution in [3.05, 3.63) is 35.4 Å². The molecule has 164 valence electrons. The molecule has 30 heavy (non-hydrogen) atoms. The van der Waals surface area contributed by atoms with Crippen LogP contribution in [-0.2, 0) is 9.59 Å². The molecule has 0 aromatic heterocycles. The summed E-state index contributed by atoms with van der Waals surface area (Å²) in [5.41, 5.74) is -7.90. The highest BCUT2D eigenvalue weighted by Crippen LogP contribution is 2.70. The topological polar surface area (TPSA) is 115 Å². The van der Waals surface area contributed by atoms with Gasteiger partial charge < -0.3 is 20.4 Å². The average molecular weight is 424 g/mol. The highest BCUT2D eigenvalue weighted by molar-refractivity contribution is 6.06. The average Bonchev–Trinajstić information content (AvgIpc) is 2.87. The summed E-state index contributed by atoms with van der Waals surface area (Å²) in [4.78, 5) is 24.2. The summed E-state index contributed by atoms with van der Waals surface area (Å²) in [6, 6.07) is 0. The molecule has 0 aliphatic heterocycles. The Bertz CT molecular complexity index is 940. The molecule has 2 fully saturated rings. The van der Waals surface area contributed by atoms with Crippen molar-refractivity contribution in [2.75, 3.05) is 0 Å². The fourth-order valence-corrected chi connectivity index (χ4v) is 6.98. The summed E-state index contributed by atoms with van der Waals surface area (Å²) in [5.74, 6) is -5.56. The van der Waals surface area contributed by atoms with Gasteiger partial charge in [0.05, 0.1) is 12.4 Å². The molecule has 0 heterocycles. The van der Waals surface area contributed by atoms with Gasteiger partial charge in [-0.3, -0.25) is 4.79 Å². The number of aliphatic hydroxyl groups is 3. The van der Waals surface area contributed by atoms with Gasteiger partial charge in [-0.25, -0.2) is 13.6 Å². The van der Waals surface area contributed by atoms with Gasteiger partial charge in [0.15, 0.2) is 17.1 Å². The summed E-state index contributed by atoms with van der Waals surface area (Å²) in [6.45, 7) is 4.49. The fraction of sp³-hybridized carbons (Fsp3) is 0.636. The maximum atomic E-state index is 17.0. The number of alkyl halides is 1. The van der Waals surface area contributed by atoms with Crippen LogP contribution in [0.2, 0.25) is 0 Å². The Hall–Kier alpha value is -2.06. The van der Waals surface area contributed by atoms with E-state index in [-0.39, 0.29) is 30.4 Å². The number of carboxylic acids is 1. The van der Waals surface area contributed by atoms with E-state index in [9.17, 15) is 30.0 Å². The molecule has 2 unspecified atom stereocenters. The zero-order valence-electron chi connectivity index (χ0n) is 17.0. The van der Waals surface area contributed by atoms with E-state index in [0.29, 0.717) is 6.26 Å². The van der Waals surface area contributed by atoms with Crippen LogP contribution in [0.4, 0.5) is 8.78 Å². The first-order valence-electron chi connectivity index (χ1n) is 10.1. The minimum Gasteiger partial charge on any atom is -0.515 e. The van der Waals surface area contributed by atoms with Crippen molar-refractivity contribution in [1.82, 2.24) is 0 Å². The highest BCUT2D eigenvalue weighted by atomic mass is 19.1. The molecule has 6 nitrogen and oxygen atoms in total. The van der Waals surface area contributed by atoms with E-state index in [1.165, 1.54) is 13.8 Å². The number of carbonyl (C=O) groups is 2.